The Morgan fingerprint density at radius 3 is 2.61 bits per heavy atom. The fourth-order valence-electron chi connectivity index (χ4n) is 4.60. The maximum absolute atomic E-state index is 13.2. The molecule has 36 heavy (non-hydrogen) atoms. The smallest absolute Gasteiger partial charge is 0.254 e. The van der Waals surface area contributed by atoms with Gasteiger partial charge in [0.05, 0.1) is 22.7 Å². The Morgan fingerprint density at radius 2 is 2.06 bits per heavy atom. The summed E-state index contributed by atoms with van der Waals surface area (Å²) in [6.07, 6.45) is 2.45. The first-order valence-electron chi connectivity index (χ1n) is 12.3. The van der Waals surface area contributed by atoms with Crippen LogP contribution in [0.25, 0.3) is 0 Å². The zero-order valence-electron chi connectivity index (χ0n) is 21.9. The van der Waals surface area contributed by atoms with Crippen LogP contribution < -0.4 is 9.46 Å². The Labute approximate surface area is 228 Å². The van der Waals surface area contributed by atoms with E-state index < -0.39 is 28.0 Å². The quantitative estimate of drug-likeness (QED) is 0.337. The third kappa shape index (κ3) is 7.10. The standard InChI is InChI=1S/C26H38Cl2N2O5S/c1-8-11-33-21-14-20(28)19(27)13-18(21)23(29-36(32)25(3,4)5)17-9-10-30(16(2)12-17)24(31)22-15-34-26(6,7)35-22/h8,13-14,16-17,22-23,29H,1,9-12,15H2,2-7H3/t16-,17+,22+,23+,36?/m0/s1. The molecule has 0 aromatic heterocycles. The van der Waals surface area contributed by atoms with Crippen LogP contribution in [0.1, 0.15) is 66.0 Å². The summed E-state index contributed by atoms with van der Waals surface area (Å²) < 4.78 is 33.5. The van der Waals surface area contributed by atoms with Crippen LogP contribution in [0, 0.1) is 5.92 Å². The van der Waals surface area contributed by atoms with Gasteiger partial charge in [0.25, 0.3) is 5.91 Å². The van der Waals surface area contributed by atoms with E-state index in [4.69, 9.17) is 37.4 Å². The molecule has 2 saturated heterocycles. The summed E-state index contributed by atoms with van der Waals surface area (Å²) in [4.78, 5) is 15.1. The van der Waals surface area contributed by atoms with Crippen molar-refractivity contribution in [3.63, 3.8) is 0 Å². The molecule has 2 heterocycles. The summed E-state index contributed by atoms with van der Waals surface area (Å²) in [6.45, 7) is 16.3. The number of carbonyl (C=O) groups excluding carboxylic acids is 1. The van der Waals surface area contributed by atoms with Crippen molar-refractivity contribution in [1.29, 1.82) is 0 Å². The van der Waals surface area contributed by atoms with E-state index in [0.29, 0.717) is 41.8 Å². The van der Waals surface area contributed by atoms with Gasteiger partial charge in [-0.1, -0.05) is 35.9 Å². The minimum Gasteiger partial charge on any atom is -0.598 e. The number of hydrogen-bond donors (Lipinski definition) is 1. The first kappa shape index (κ1) is 29.6. The molecule has 10 heteroatoms. The van der Waals surface area contributed by atoms with E-state index in [2.05, 4.69) is 11.3 Å². The lowest BCUT2D eigenvalue weighted by Crippen LogP contribution is -2.52. The van der Waals surface area contributed by atoms with Crippen molar-refractivity contribution in [2.24, 2.45) is 5.92 Å². The molecule has 2 aliphatic rings. The van der Waals surface area contributed by atoms with Crippen LogP contribution in [-0.4, -0.2) is 57.8 Å². The van der Waals surface area contributed by atoms with Crippen molar-refractivity contribution in [3.05, 3.63) is 40.4 Å². The van der Waals surface area contributed by atoms with Crippen molar-refractivity contribution >= 4 is 40.5 Å². The number of ether oxygens (including phenoxy) is 3. The molecule has 0 bridgehead atoms. The number of carbonyl (C=O) groups is 1. The second-order valence-corrected chi connectivity index (χ2v) is 13.7. The summed E-state index contributed by atoms with van der Waals surface area (Å²) in [5.74, 6) is -0.184. The molecule has 5 atom stereocenters. The summed E-state index contributed by atoms with van der Waals surface area (Å²) in [7, 11) is 0. The van der Waals surface area contributed by atoms with Gasteiger partial charge in [0.2, 0.25) is 0 Å². The van der Waals surface area contributed by atoms with Gasteiger partial charge in [-0.3, -0.25) is 4.79 Å². The zero-order chi connectivity index (χ0) is 26.8. The Kier molecular flexibility index (Phi) is 9.69. The van der Waals surface area contributed by atoms with E-state index >= 15 is 0 Å². The molecule has 1 aromatic carbocycles. The summed E-state index contributed by atoms with van der Waals surface area (Å²) in [5.41, 5.74) is 0.787. The Balaban J connectivity index is 1.87. The number of amides is 1. The van der Waals surface area contributed by atoms with Crippen LogP contribution in [0.15, 0.2) is 24.8 Å². The second-order valence-electron chi connectivity index (χ2n) is 10.9. The van der Waals surface area contributed by atoms with Crippen molar-refractivity contribution < 1.29 is 23.6 Å². The van der Waals surface area contributed by atoms with Gasteiger partial charge in [-0.05, 0) is 66.4 Å². The van der Waals surface area contributed by atoms with Crippen LogP contribution in [0.4, 0.5) is 0 Å². The molecular weight excluding hydrogens is 523 g/mol. The van der Waals surface area contributed by atoms with Crippen LogP contribution in [0.5, 0.6) is 5.75 Å². The average molecular weight is 562 g/mol. The monoisotopic (exact) mass is 560 g/mol. The fraction of sp³-hybridized carbons (Fsp3) is 0.654. The van der Waals surface area contributed by atoms with Crippen LogP contribution in [-0.2, 0) is 25.6 Å². The molecular formula is C26H38Cl2N2O5S. The molecule has 0 radical (unpaired) electrons. The van der Waals surface area contributed by atoms with Gasteiger partial charge in [0.1, 0.15) is 17.1 Å². The largest absolute Gasteiger partial charge is 0.598 e. The lowest BCUT2D eigenvalue weighted by Gasteiger charge is -2.42. The highest BCUT2D eigenvalue weighted by Gasteiger charge is 2.43. The number of halogens is 2. The zero-order valence-corrected chi connectivity index (χ0v) is 24.3. The molecule has 1 aromatic rings. The van der Waals surface area contributed by atoms with Crippen molar-refractivity contribution in [2.45, 2.75) is 83.1 Å². The Bertz CT molecular complexity index is 955. The van der Waals surface area contributed by atoms with E-state index in [1.165, 1.54) is 0 Å². The first-order valence-corrected chi connectivity index (χ1v) is 14.2. The average Bonchev–Trinajstić information content (AvgIpc) is 3.16. The van der Waals surface area contributed by atoms with Crippen molar-refractivity contribution in [1.82, 2.24) is 9.62 Å². The Morgan fingerprint density at radius 1 is 1.39 bits per heavy atom. The highest BCUT2D eigenvalue weighted by Crippen LogP contribution is 2.42. The highest BCUT2D eigenvalue weighted by molar-refractivity contribution is 7.90. The summed E-state index contributed by atoms with van der Waals surface area (Å²) >= 11 is 11.4. The van der Waals surface area contributed by atoms with E-state index in [0.717, 1.165) is 5.56 Å². The molecule has 0 saturated carbocycles. The summed E-state index contributed by atoms with van der Waals surface area (Å²) in [6, 6.07) is 3.10. The van der Waals surface area contributed by atoms with Gasteiger partial charge >= 0.3 is 0 Å². The van der Waals surface area contributed by atoms with Crippen LogP contribution in [0.2, 0.25) is 10.0 Å². The van der Waals surface area contributed by atoms with E-state index in [1.807, 2.05) is 46.4 Å². The van der Waals surface area contributed by atoms with E-state index in [9.17, 15) is 9.35 Å². The first-order chi connectivity index (χ1) is 16.7. The van der Waals surface area contributed by atoms with Crippen molar-refractivity contribution in [3.8, 4) is 5.75 Å². The maximum Gasteiger partial charge on any atom is 0.254 e. The van der Waals surface area contributed by atoms with E-state index in [1.54, 1.807) is 18.2 Å². The van der Waals surface area contributed by atoms with Crippen LogP contribution >= 0.6 is 23.2 Å². The topological polar surface area (TPSA) is 83.1 Å². The van der Waals surface area contributed by atoms with Gasteiger partial charge in [-0.25, -0.2) is 0 Å². The van der Waals surface area contributed by atoms with Gasteiger partial charge in [-0.15, -0.1) is 4.72 Å². The molecule has 1 amide bonds. The number of piperidine rings is 1. The van der Waals surface area contributed by atoms with Gasteiger partial charge in [0.15, 0.2) is 11.9 Å². The van der Waals surface area contributed by atoms with Gasteiger partial charge in [-0.2, -0.15) is 0 Å². The molecule has 0 aliphatic carbocycles. The number of rotatable bonds is 8. The molecule has 0 spiro atoms. The van der Waals surface area contributed by atoms with E-state index in [-0.39, 0.29) is 30.5 Å². The molecule has 202 valence electrons. The third-order valence-electron chi connectivity index (χ3n) is 6.49. The highest BCUT2D eigenvalue weighted by atomic mass is 35.5. The molecule has 3 rings (SSSR count). The number of likely N-dealkylation sites (tertiary alicyclic amines) is 1. The minimum absolute atomic E-state index is 0.0451. The fourth-order valence-corrected chi connectivity index (χ4v) is 5.83. The van der Waals surface area contributed by atoms with Crippen LogP contribution in [0.3, 0.4) is 0 Å². The molecule has 7 nitrogen and oxygen atoms in total. The number of nitrogens with zero attached hydrogens (tertiary/aromatic N) is 1. The maximum atomic E-state index is 13.2. The normalized spacial score (nSPS) is 25.9. The molecule has 2 aliphatic heterocycles. The lowest BCUT2D eigenvalue weighted by molar-refractivity contribution is -0.163. The van der Waals surface area contributed by atoms with Gasteiger partial charge in [0, 0.05) is 35.6 Å². The Hall–Kier alpha value is -1.00. The molecule has 1 unspecified atom stereocenters. The minimum atomic E-state index is -1.35. The predicted molar refractivity (Wildman–Crippen MR) is 145 cm³/mol. The SMILES string of the molecule is C=CCOc1cc(Cl)c(Cl)cc1[C@H](N[S+]([O-])C(C)(C)C)[C@@H]1CCN(C(=O)[C@H]2COC(C)(C)O2)[C@@H](C)C1. The van der Waals surface area contributed by atoms with Gasteiger partial charge < -0.3 is 23.7 Å². The summed E-state index contributed by atoms with van der Waals surface area (Å²) in [5, 5.41) is 0.776. The lowest BCUT2D eigenvalue weighted by atomic mass is 9.82. The third-order valence-corrected chi connectivity index (χ3v) is 8.79. The predicted octanol–water partition coefficient (Wildman–Crippen LogP) is 5.43. The number of benzene rings is 1. The van der Waals surface area contributed by atoms with Crippen molar-refractivity contribution in [2.75, 3.05) is 19.8 Å². The number of nitrogens with one attached hydrogen (secondary N) is 1. The molecule has 1 N–H and O–H groups in total. The number of hydrogen-bond acceptors (Lipinski definition) is 6. The molecule has 2 fully saturated rings. The second kappa shape index (κ2) is 11.8.